The van der Waals surface area contributed by atoms with Gasteiger partial charge < -0.3 is 24.4 Å². The summed E-state index contributed by atoms with van der Waals surface area (Å²) in [5, 5.41) is 3.55. The Labute approximate surface area is 147 Å². The minimum Gasteiger partial charge on any atom is -0.444 e. The lowest BCUT2D eigenvalue weighted by molar-refractivity contribution is -0.139. The normalized spacial score (nSPS) is 18.9. The van der Waals surface area contributed by atoms with Crippen LogP contribution >= 0.6 is 0 Å². The third-order valence-electron chi connectivity index (χ3n) is 3.83. The molecule has 1 aliphatic rings. The summed E-state index contributed by atoms with van der Waals surface area (Å²) in [5.41, 5.74) is -0.439. The van der Waals surface area contributed by atoms with Gasteiger partial charge in [-0.15, -0.1) is 0 Å². The van der Waals surface area contributed by atoms with E-state index in [0.717, 1.165) is 45.3 Å². The van der Waals surface area contributed by atoms with Crippen LogP contribution in [0.3, 0.4) is 0 Å². The Morgan fingerprint density at radius 2 is 1.92 bits per heavy atom. The topological polar surface area (TPSA) is 60.0 Å². The van der Waals surface area contributed by atoms with Crippen molar-refractivity contribution >= 4 is 6.09 Å². The molecule has 0 aromatic carbocycles. The van der Waals surface area contributed by atoms with Crippen molar-refractivity contribution < 1.29 is 19.0 Å². The maximum absolute atomic E-state index is 12.2. The van der Waals surface area contributed by atoms with Crippen LogP contribution in [-0.2, 0) is 14.2 Å². The molecule has 1 atom stereocenters. The van der Waals surface area contributed by atoms with Crippen LogP contribution in [0.25, 0.3) is 0 Å². The summed E-state index contributed by atoms with van der Waals surface area (Å²) in [6, 6.07) is 0.337. The number of hydrogen-bond donors (Lipinski definition) is 1. The van der Waals surface area contributed by atoms with Gasteiger partial charge in [0.05, 0.1) is 0 Å². The average molecular weight is 344 g/mol. The van der Waals surface area contributed by atoms with Crippen molar-refractivity contribution in [3.63, 3.8) is 0 Å². The Kier molecular flexibility index (Phi) is 9.63. The molecular weight excluding hydrogens is 308 g/mol. The van der Waals surface area contributed by atoms with E-state index in [-0.39, 0.29) is 12.4 Å². The number of piperidine rings is 1. The summed E-state index contributed by atoms with van der Waals surface area (Å²) in [4.78, 5) is 14.0. The van der Waals surface area contributed by atoms with Crippen LogP contribution in [0.4, 0.5) is 4.79 Å². The van der Waals surface area contributed by atoms with E-state index in [1.807, 2.05) is 39.5 Å². The lowest BCUT2D eigenvalue weighted by atomic mass is 10.1. The second-order valence-electron chi connectivity index (χ2n) is 7.20. The Hall–Kier alpha value is -0.850. The first kappa shape index (κ1) is 21.2. The molecule has 1 rings (SSSR count). The first-order valence-electron chi connectivity index (χ1n) is 9.30. The van der Waals surface area contributed by atoms with Crippen LogP contribution in [0, 0.1) is 0 Å². The van der Waals surface area contributed by atoms with Gasteiger partial charge in [-0.3, -0.25) is 0 Å². The number of carbonyl (C=O) groups is 1. The quantitative estimate of drug-likeness (QED) is 0.514. The molecule has 1 unspecified atom stereocenters. The molecule has 6 heteroatoms. The number of nitrogens with one attached hydrogen (secondary N) is 1. The Morgan fingerprint density at radius 3 is 2.50 bits per heavy atom. The van der Waals surface area contributed by atoms with E-state index in [4.69, 9.17) is 14.2 Å². The van der Waals surface area contributed by atoms with Crippen LogP contribution in [-0.4, -0.2) is 61.8 Å². The highest BCUT2D eigenvalue weighted by atomic mass is 16.7. The largest absolute Gasteiger partial charge is 0.444 e. The zero-order chi connectivity index (χ0) is 18.0. The monoisotopic (exact) mass is 344 g/mol. The highest BCUT2D eigenvalue weighted by Crippen LogP contribution is 2.15. The van der Waals surface area contributed by atoms with Gasteiger partial charge in [0.2, 0.25) is 0 Å². The van der Waals surface area contributed by atoms with Crippen molar-refractivity contribution in [2.75, 3.05) is 32.8 Å². The van der Waals surface area contributed by atoms with Gasteiger partial charge in [0.1, 0.15) is 5.60 Å². The van der Waals surface area contributed by atoms with Crippen molar-refractivity contribution in [3.8, 4) is 0 Å². The first-order chi connectivity index (χ1) is 11.4. The van der Waals surface area contributed by atoms with E-state index in [1.54, 1.807) is 0 Å². The first-order valence-corrected chi connectivity index (χ1v) is 9.30. The molecule has 24 heavy (non-hydrogen) atoms. The summed E-state index contributed by atoms with van der Waals surface area (Å²) in [7, 11) is 0. The molecule has 0 saturated carbocycles. The molecule has 1 saturated heterocycles. The summed E-state index contributed by atoms with van der Waals surface area (Å²) >= 11 is 0. The van der Waals surface area contributed by atoms with Gasteiger partial charge in [0.15, 0.2) is 6.29 Å². The van der Waals surface area contributed by atoms with E-state index >= 15 is 0 Å². The number of rotatable bonds is 9. The van der Waals surface area contributed by atoms with Crippen molar-refractivity contribution in [2.45, 2.75) is 78.2 Å². The van der Waals surface area contributed by atoms with E-state index in [0.29, 0.717) is 19.3 Å². The minimum atomic E-state index is -0.439. The molecule has 1 amide bonds. The maximum Gasteiger partial charge on any atom is 0.410 e. The number of amides is 1. The second-order valence-corrected chi connectivity index (χ2v) is 7.20. The van der Waals surface area contributed by atoms with Crippen LogP contribution < -0.4 is 5.32 Å². The van der Waals surface area contributed by atoms with Gasteiger partial charge in [-0.05, 0) is 66.8 Å². The molecule has 1 fully saturated rings. The molecule has 1 heterocycles. The molecule has 0 radical (unpaired) electrons. The zero-order valence-corrected chi connectivity index (χ0v) is 16.1. The molecule has 142 valence electrons. The van der Waals surface area contributed by atoms with Crippen molar-refractivity contribution in [2.24, 2.45) is 0 Å². The molecule has 1 N–H and O–H groups in total. The number of likely N-dealkylation sites (tertiary alicyclic amines) is 1. The highest BCUT2D eigenvalue weighted by Gasteiger charge is 2.27. The molecule has 6 nitrogen and oxygen atoms in total. The Bertz CT molecular complexity index is 351. The predicted molar refractivity (Wildman–Crippen MR) is 95.1 cm³/mol. The van der Waals surface area contributed by atoms with E-state index < -0.39 is 5.60 Å². The molecule has 0 aromatic rings. The fraction of sp³-hybridized carbons (Fsp3) is 0.944. The molecule has 0 aliphatic carbocycles. The SMILES string of the molecule is CCOC(CCCNC1CCCN(C(=O)OC(C)(C)C)C1)OCC. The standard InChI is InChI=1S/C18H36N2O4/c1-6-22-16(23-7-2)11-8-12-19-15-10-9-13-20(14-15)17(21)24-18(3,4)5/h15-16,19H,6-14H2,1-5H3. The molecular formula is C18H36N2O4. The second kappa shape index (κ2) is 10.9. The Balaban J connectivity index is 2.27. The summed E-state index contributed by atoms with van der Waals surface area (Å²) < 4.78 is 16.6. The number of ether oxygens (including phenoxy) is 3. The van der Waals surface area contributed by atoms with Crippen LogP contribution in [0.5, 0.6) is 0 Å². The van der Waals surface area contributed by atoms with Gasteiger partial charge in [-0.2, -0.15) is 0 Å². The maximum atomic E-state index is 12.2. The lowest BCUT2D eigenvalue weighted by Crippen LogP contribution is -2.49. The van der Waals surface area contributed by atoms with Crippen molar-refractivity contribution in [3.05, 3.63) is 0 Å². The van der Waals surface area contributed by atoms with E-state index in [9.17, 15) is 4.79 Å². The number of hydrogen-bond acceptors (Lipinski definition) is 5. The summed E-state index contributed by atoms with van der Waals surface area (Å²) in [5.74, 6) is 0. The predicted octanol–water partition coefficient (Wildman–Crippen LogP) is 3.15. The smallest absolute Gasteiger partial charge is 0.410 e. The third-order valence-corrected chi connectivity index (χ3v) is 3.83. The molecule has 0 bridgehead atoms. The van der Waals surface area contributed by atoms with Gasteiger partial charge in [0.25, 0.3) is 0 Å². The van der Waals surface area contributed by atoms with E-state index in [1.165, 1.54) is 0 Å². The summed E-state index contributed by atoms with van der Waals surface area (Å²) in [6.07, 6.45) is 3.68. The lowest BCUT2D eigenvalue weighted by Gasteiger charge is -2.34. The van der Waals surface area contributed by atoms with Crippen LogP contribution in [0.1, 0.15) is 60.3 Å². The van der Waals surface area contributed by atoms with Crippen LogP contribution in [0.15, 0.2) is 0 Å². The fourth-order valence-corrected chi connectivity index (χ4v) is 2.80. The number of nitrogens with zero attached hydrogens (tertiary/aromatic N) is 1. The van der Waals surface area contributed by atoms with Gasteiger partial charge in [-0.25, -0.2) is 4.79 Å². The average Bonchev–Trinajstić information content (AvgIpc) is 2.50. The molecule has 0 aromatic heterocycles. The summed E-state index contributed by atoms with van der Waals surface area (Å²) in [6.45, 7) is 13.4. The molecule has 0 spiro atoms. The fourth-order valence-electron chi connectivity index (χ4n) is 2.80. The third kappa shape index (κ3) is 8.85. The van der Waals surface area contributed by atoms with Gasteiger partial charge in [0, 0.05) is 32.3 Å². The van der Waals surface area contributed by atoms with Gasteiger partial charge in [-0.1, -0.05) is 0 Å². The van der Waals surface area contributed by atoms with Crippen molar-refractivity contribution in [1.82, 2.24) is 10.2 Å². The zero-order valence-electron chi connectivity index (χ0n) is 16.1. The van der Waals surface area contributed by atoms with E-state index in [2.05, 4.69) is 5.32 Å². The Morgan fingerprint density at radius 1 is 1.25 bits per heavy atom. The number of carbonyl (C=O) groups excluding carboxylic acids is 1. The van der Waals surface area contributed by atoms with Crippen LogP contribution in [0.2, 0.25) is 0 Å². The van der Waals surface area contributed by atoms with Gasteiger partial charge >= 0.3 is 6.09 Å². The highest BCUT2D eigenvalue weighted by molar-refractivity contribution is 5.68. The minimum absolute atomic E-state index is 0.105. The molecule has 1 aliphatic heterocycles. The van der Waals surface area contributed by atoms with Crippen molar-refractivity contribution in [1.29, 1.82) is 0 Å².